The molecule has 19 heavy (non-hydrogen) atoms. The molecule has 0 N–H and O–H groups in total. The first-order valence-corrected chi connectivity index (χ1v) is 7.23. The molecule has 0 saturated carbocycles. The van der Waals surface area contributed by atoms with E-state index in [0.29, 0.717) is 6.61 Å². The van der Waals surface area contributed by atoms with Crippen LogP contribution >= 0.6 is 22.6 Å². The highest BCUT2D eigenvalue weighted by molar-refractivity contribution is 14.1. The van der Waals surface area contributed by atoms with E-state index in [1.165, 1.54) is 5.56 Å². The highest BCUT2D eigenvalue weighted by Crippen LogP contribution is 2.19. The largest absolute Gasteiger partial charge is 0.371 e. The fraction of sp³-hybridized carbons (Fsp3) is 0.333. The highest BCUT2D eigenvalue weighted by Gasteiger charge is 2.10. The van der Waals surface area contributed by atoms with Crippen molar-refractivity contribution in [2.45, 2.75) is 33.0 Å². The fourth-order valence-corrected chi connectivity index (χ4v) is 1.98. The summed E-state index contributed by atoms with van der Waals surface area (Å²) in [6, 6.07) is 10.3. The van der Waals surface area contributed by atoms with Crippen molar-refractivity contribution < 1.29 is 4.74 Å². The van der Waals surface area contributed by atoms with Gasteiger partial charge in [-0.2, -0.15) is 0 Å². The van der Waals surface area contributed by atoms with E-state index in [9.17, 15) is 0 Å². The molecular formula is C15H17IN2O. The summed E-state index contributed by atoms with van der Waals surface area (Å²) in [7, 11) is 0. The molecule has 0 fully saturated rings. The summed E-state index contributed by atoms with van der Waals surface area (Å²) in [6.07, 6.45) is 1.59. The number of hydrogen-bond donors (Lipinski definition) is 0. The Morgan fingerprint density at radius 2 is 1.79 bits per heavy atom. The monoisotopic (exact) mass is 368 g/mol. The smallest absolute Gasteiger partial charge is 0.117 e. The zero-order valence-electron chi connectivity index (χ0n) is 11.4. The summed E-state index contributed by atoms with van der Waals surface area (Å²) in [6.45, 7) is 6.81. The van der Waals surface area contributed by atoms with Crippen LogP contribution in [0.3, 0.4) is 0 Å². The van der Waals surface area contributed by atoms with Gasteiger partial charge in [0.2, 0.25) is 0 Å². The van der Waals surface area contributed by atoms with Crippen LogP contribution in [0.4, 0.5) is 0 Å². The average molecular weight is 368 g/mol. The predicted octanol–water partition coefficient (Wildman–Crippen LogP) is 4.06. The molecule has 0 atom stereocenters. The number of hydrogen-bond acceptors (Lipinski definition) is 3. The Labute approximate surface area is 127 Å². The lowest BCUT2D eigenvalue weighted by Crippen LogP contribution is -2.18. The predicted molar refractivity (Wildman–Crippen MR) is 84.7 cm³/mol. The number of aromatic nitrogens is 2. The third kappa shape index (κ3) is 4.54. The van der Waals surface area contributed by atoms with Gasteiger partial charge in [-0.1, -0.05) is 24.3 Å². The van der Waals surface area contributed by atoms with Gasteiger partial charge in [0.25, 0.3) is 0 Å². The van der Waals surface area contributed by atoms with Crippen molar-refractivity contribution in [1.29, 1.82) is 0 Å². The molecule has 100 valence electrons. The van der Waals surface area contributed by atoms with Crippen LogP contribution in [0.2, 0.25) is 0 Å². The Morgan fingerprint density at radius 3 is 2.37 bits per heavy atom. The molecule has 2 rings (SSSR count). The van der Waals surface area contributed by atoms with Crippen molar-refractivity contribution >= 4 is 22.6 Å². The van der Waals surface area contributed by atoms with E-state index in [1.807, 2.05) is 6.07 Å². The second kappa shape index (κ2) is 5.96. The van der Waals surface area contributed by atoms with Gasteiger partial charge >= 0.3 is 0 Å². The van der Waals surface area contributed by atoms with Gasteiger partial charge in [0, 0.05) is 5.56 Å². The first-order chi connectivity index (χ1) is 8.94. The third-order valence-corrected chi connectivity index (χ3v) is 3.15. The average Bonchev–Trinajstić information content (AvgIpc) is 2.36. The normalized spacial score (nSPS) is 11.6. The van der Waals surface area contributed by atoms with Crippen LogP contribution in [0.15, 0.2) is 36.7 Å². The number of ether oxygens (including phenoxy) is 1. The first kappa shape index (κ1) is 14.4. The van der Waals surface area contributed by atoms with Crippen molar-refractivity contribution in [1.82, 2.24) is 9.97 Å². The maximum atomic E-state index is 5.75. The van der Waals surface area contributed by atoms with Crippen LogP contribution in [0, 0.1) is 3.70 Å². The number of nitrogens with zero attached hydrogens (tertiary/aromatic N) is 2. The molecular weight excluding hydrogens is 351 g/mol. The maximum absolute atomic E-state index is 5.75. The number of benzene rings is 1. The molecule has 0 amide bonds. The summed E-state index contributed by atoms with van der Waals surface area (Å²) in [4.78, 5) is 8.37. The van der Waals surface area contributed by atoms with E-state index < -0.39 is 0 Å². The SMILES string of the molecule is CC(C)(C)OCc1ccc(-c2cc(I)ncn2)cc1. The molecule has 0 spiro atoms. The van der Waals surface area contributed by atoms with Gasteiger partial charge in [0.05, 0.1) is 17.9 Å². The molecule has 0 radical (unpaired) electrons. The van der Waals surface area contributed by atoms with Gasteiger partial charge < -0.3 is 4.74 Å². The van der Waals surface area contributed by atoms with Crippen LogP contribution in [-0.2, 0) is 11.3 Å². The van der Waals surface area contributed by atoms with E-state index in [-0.39, 0.29) is 5.60 Å². The Balaban J connectivity index is 2.10. The Morgan fingerprint density at radius 1 is 1.11 bits per heavy atom. The lowest BCUT2D eigenvalue weighted by Gasteiger charge is -2.19. The zero-order valence-corrected chi connectivity index (χ0v) is 13.5. The zero-order chi connectivity index (χ0) is 13.9. The quantitative estimate of drug-likeness (QED) is 0.605. The van der Waals surface area contributed by atoms with Gasteiger partial charge in [0.1, 0.15) is 10.0 Å². The van der Waals surface area contributed by atoms with Crippen molar-refractivity contribution in [2.75, 3.05) is 0 Å². The lowest BCUT2D eigenvalue weighted by atomic mass is 10.1. The molecule has 0 saturated heterocycles. The number of halogens is 1. The maximum Gasteiger partial charge on any atom is 0.117 e. The molecule has 2 aromatic rings. The third-order valence-electron chi connectivity index (χ3n) is 2.56. The molecule has 1 aromatic carbocycles. The molecule has 1 heterocycles. The standard InChI is InChI=1S/C15H17IN2O/c1-15(2,3)19-9-11-4-6-12(7-5-11)13-8-14(16)18-10-17-13/h4-8,10H,9H2,1-3H3. The fourth-order valence-electron chi connectivity index (χ4n) is 1.56. The van der Waals surface area contributed by atoms with Gasteiger partial charge in [-0.3, -0.25) is 0 Å². The molecule has 4 heteroatoms. The molecule has 3 nitrogen and oxygen atoms in total. The number of rotatable bonds is 3. The minimum Gasteiger partial charge on any atom is -0.371 e. The molecule has 1 aromatic heterocycles. The van der Waals surface area contributed by atoms with Crippen LogP contribution in [0.5, 0.6) is 0 Å². The molecule has 0 aliphatic rings. The van der Waals surface area contributed by atoms with Crippen LogP contribution in [0.25, 0.3) is 11.3 Å². The summed E-state index contributed by atoms with van der Waals surface area (Å²) in [5, 5.41) is 0. The minimum absolute atomic E-state index is 0.110. The van der Waals surface area contributed by atoms with E-state index in [2.05, 4.69) is 77.6 Å². The van der Waals surface area contributed by atoms with Gasteiger partial charge in [0.15, 0.2) is 0 Å². The van der Waals surface area contributed by atoms with Crippen molar-refractivity contribution in [2.24, 2.45) is 0 Å². The minimum atomic E-state index is -0.110. The van der Waals surface area contributed by atoms with Crippen LogP contribution < -0.4 is 0 Å². The lowest BCUT2D eigenvalue weighted by molar-refractivity contribution is -0.0149. The summed E-state index contributed by atoms with van der Waals surface area (Å²) < 4.78 is 6.70. The second-order valence-corrected chi connectivity index (χ2v) is 6.43. The Kier molecular flexibility index (Phi) is 4.52. The van der Waals surface area contributed by atoms with Crippen molar-refractivity contribution in [3.8, 4) is 11.3 Å². The van der Waals surface area contributed by atoms with Gasteiger partial charge in [-0.05, 0) is 55.0 Å². The molecule has 0 aliphatic carbocycles. The van der Waals surface area contributed by atoms with Crippen molar-refractivity contribution in [3.05, 3.63) is 45.9 Å². The van der Waals surface area contributed by atoms with E-state index in [1.54, 1.807) is 6.33 Å². The summed E-state index contributed by atoms with van der Waals surface area (Å²) in [5.74, 6) is 0. The summed E-state index contributed by atoms with van der Waals surface area (Å²) in [5.41, 5.74) is 3.10. The first-order valence-electron chi connectivity index (χ1n) is 6.15. The van der Waals surface area contributed by atoms with Crippen LogP contribution in [0.1, 0.15) is 26.3 Å². The van der Waals surface area contributed by atoms with E-state index in [4.69, 9.17) is 4.74 Å². The van der Waals surface area contributed by atoms with Crippen LogP contribution in [-0.4, -0.2) is 15.6 Å². The molecule has 0 bridgehead atoms. The Bertz CT molecular complexity index is 547. The highest BCUT2D eigenvalue weighted by atomic mass is 127. The topological polar surface area (TPSA) is 35.0 Å². The molecule has 0 aliphatic heterocycles. The van der Waals surface area contributed by atoms with Gasteiger partial charge in [-0.25, -0.2) is 9.97 Å². The van der Waals surface area contributed by atoms with E-state index in [0.717, 1.165) is 15.0 Å². The second-order valence-electron chi connectivity index (χ2n) is 5.32. The summed E-state index contributed by atoms with van der Waals surface area (Å²) >= 11 is 2.19. The van der Waals surface area contributed by atoms with Gasteiger partial charge in [-0.15, -0.1) is 0 Å². The van der Waals surface area contributed by atoms with Crippen molar-refractivity contribution in [3.63, 3.8) is 0 Å². The molecule has 0 unspecified atom stereocenters. The Hall–Kier alpha value is -1.01. The van der Waals surface area contributed by atoms with E-state index >= 15 is 0 Å².